The Balaban J connectivity index is 2.03. The van der Waals surface area contributed by atoms with Crippen molar-refractivity contribution in [1.82, 2.24) is 10.4 Å². The van der Waals surface area contributed by atoms with Gasteiger partial charge in [-0.3, -0.25) is 14.4 Å². The van der Waals surface area contributed by atoms with E-state index in [9.17, 15) is 19.5 Å². The molecule has 8 nitrogen and oxygen atoms in total. The fraction of sp³-hybridized carbons (Fsp3) is 0.400. The number of hydrogen-bond acceptors (Lipinski definition) is 5. The molecule has 0 bridgehead atoms. The Labute approximate surface area is 132 Å². The van der Waals surface area contributed by atoms with Crippen molar-refractivity contribution in [2.45, 2.75) is 31.5 Å². The number of carboxylic acids is 1. The SMILES string of the molecule is C[C@H](C(=O)O)N1OC[C@@H](O)C(NC(=O)Cc2ccccc2)C1=O. The molecule has 1 saturated heterocycles. The summed E-state index contributed by atoms with van der Waals surface area (Å²) in [6.07, 6.45) is -1.19. The van der Waals surface area contributed by atoms with E-state index in [0.717, 1.165) is 5.56 Å². The van der Waals surface area contributed by atoms with Crippen LogP contribution in [0, 0.1) is 0 Å². The van der Waals surface area contributed by atoms with Gasteiger partial charge in [0.25, 0.3) is 5.91 Å². The number of carbonyl (C=O) groups is 3. The summed E-state index contributed by atoms with van der Waals surface area (Å²) < 4.78 is 0. The van der Waals surface area contributed by atoms with Crippen LogP contribution >= 0.6 is 0 Å². The third kappa shape index (κ3) is 4.05. The van der Waals surface area contributed by atoms with Crippen LogP contribution in [0.2, 0.25) is 0 Å². The first-order valence-electron chi connectivity index (χ1n) is 7.10. The van der Waals surface area contributed by atoms with Gasteiger partial charge in [0, 0.05) is 0 Å². The summed E-state index contributed by atoms with van der Waals surface area (Å²) >= 11 is 0. The highest BCUT2D eigenvalue weighted by Gasteiger charge is 2.41. The summed E-state index contributed by atoms with van der Waals surface area (Å²) in [4.78, 5) is 40.2. The predicted octanol–water partition coefficient (Wildman–Crippen LogP) is -0.678. The Morgan fingerprint density at radius 2 is 2.04 bits per heavy atom. The molecule has 0 saturated carbocycles. The number of amides is 2. The van der Waals surface area contributed by atoms with Gasteiger partial charge in [0.05, 0.1) is 6.42 Å². The average Bonchev–Trinajstić information content (AvgIpc) is 2.52. The number of rotatable bonds is 5. The van der Waals surface area contributed by atoms with Crippen molar-refractivity contribution < 1.29 is 29.4 Å². The highest BCUT2D eigenvalue weighted by Crippen LogP contribution is 2.14. The van der Waals surface area contributed by atoms with Gasteiger partial charge in [-0.1, -0.05) is 30.3 Å². The summed E-state index contributed by atoms with van der Waals surface area (Å²) in [6, 6.07) is 6.46. The summed E-state index contributed by atoms with van der Waals surface area (Å²) in [5.74, 6) is -2.48. The van der Waals surface area contributed by atoms with Gasteiger partial charge in [-0.25, -0.2) is 9.86 Å². The molecule has 2 rings (SSSR count). The summed E-state index contributed by atoms with van der Waals surface area (Å²) in [7, 11) is 0. The third-order valence-electron chi connectivity index (χ3n) is 3.49. The summed E-state index contributed by atoms with van der Waals surface area (Å²) in [5.41, 5.74) is 0.759. The number of hydroxylamine groups is 2. The molecule has 1 fully saturated rings. The second kappa shape index (κ2) is 7.21. The molecule has 0 spiro atoms. The fourth-order valence-electron chi connectivity index (χ4n) is 2.18. The molecule has 1 aromatic carbocycles. The molecule has 8 heteroatoms. The summed E-state index contributed by atoms with van der Waals surface area (Å²) in [5, 5.41) is 21.9. The van der Waals surface area contributed by atoms with E-state index in [4.69, 9.17) is 9.94 Å². The predicted molar refractivity (Wildman–Crippen MR) is 78.0 cm³/mol. The lowest BCUT2D eigenvalue weighted by atomic mass is 10.1. The minimum absolute atomic E-state index is 0.0483. The summed E-state index contributed by atoms with van der Waals surface area (Å²) in [6.45, 7) is 1.00. The van der Waals surface area contributed by atoms with E-state index in [1.807, 2.05) is 6.07 Å². The van der Waals surface area contributed by atoms with Crippen LogP contribution in [-0.4, -0.2) is 57.9 Å². The lowest BCUT2D eigenvalue weighted by Gasteiger charge is -2.36. The Kier molecular flexibility index (Phi) is 5.30. The number of carboxylic acid groups (broad SMARTS) is 1. The van der Waals surface area contributed by atoms with Crippen LogP contribution in [0.15, 0.2) is 30.3 Å². The Bertz CT molecular complexity index is 591. The molecule has 1 unspecified atom stereocenters. The van der Waals surface area contributed by atoms with Crippen LogP contribution < -0.4 is 5.32 Å². The molecule has 3 atom stereocenters. The number of carbonyl (C=O) groups excluding carboxylic acids is 2. The van der Waals surface area contributed by atoms with Gasteiger partial charge in [0.2, 0.25) is 5.91 Å². The maximum absolute atomic E-state index is 12.2. The van der Waals surface area contributed by atoms with Crippen molar-refractivity contribution in [3.63, 3.8) is 0 Å². The van der Waals surface area contributed by atoms with Crippen molar-refractivity contribution in [3.05, 3.63) is 35.9 Å². The molecule has 2 amide bonds. The minimum atomic E-state index is -1.25. The number of aliphatic hydroxyl groups is 1. The zero-order valence-electron chi connectivity index (χ0n) is 12.5. The topological polar surface area (TPSA) is 116 Å². The molecule has 1 aliphatic rings. The fourth-order valence-corrected chi connectivity index (χ4v) is 2.18. The Morgan fingerprint density at radius 3 is 2.65 bits per heavy atom. The molecule has 1 heterocycles. The molecule has 23 heavy (non-hydrogen) atoms. The van der Waals surface area contributed by atoms with Gasteiger partial charge in [-0.05, 0) is 12.5 Å². The molecule has 124 valence electrons. The number of aliphatic carboxylic acids is 1. The second-order valence-corrected chi connectivity index (χ2v) is 5.25. The number of aliphatic hydroxyl groups excluding tert-OH is 1. The van der Waals surface area contributed by atoms with Crippen LogP contribution in [0.3, 0.4) is 0 Å². The Morgan fingerprint density at radius 1 is 1.39 bits per heavy atom. The van der Waals surface area contributed by atoms with E-state index in [-0.39, 0.29) is 13.0 Å². The first-order valence-corrected chi connectivity index (χ1v) is 7.10. The van der Waals surface area contributed by atoms with Gasteiger partial charge in [-0.2, -0.15) is 0 Å². The molecule has 1 aliphatic heterocycles. The lowest BCUT2D eigenvalue weighted by molar-refractivity contribution is -0.233. The number of hydrogen-bond donors (Lipinski definition) is 3. The van der Waals surface area contributed by atoms with Crippen LogP contribution in [-0.2, 0) is 25.6 Å². The van der Waals surface area contributed by atoms with Crippen molar-refractivity contribution in [1.29, 1.82) is 0 Å². The van der Waals surface area contributed by atoms with Crippen molar-refractivity contribution >= 4 is 17.8 Å². The van der Waals surface area contributed by atoms with Crippen LogP contribution in [0.1, 0.15) is 12.5 Å². The maximum atomic E-state index is 12.2. The highest BCUT2D eigenvalue weighted by molar-refractivity contribution is 5.91. The van der Waals surface area contributed by atoms with Gasteiger partial charge >= 0.3 is 5.97 Å². The molecular weight excluding hydrogens is 304 g/mol. The number of nitrogens with one attached hydrogen (secondary N) is 1. The van der Waals surface area contributed by atoms with E-state index >= 15 is 0 Å². The first-order chi connectivity index (χ1) is 10.9. The standard InChI is InChI=1S/C15H18N2O6/c1-9(15(21)22)17-14(20)13(11(18)8-23-17)16-12(19)7-10-5-3-2-4-6-10/h2-6,9,11,13,18H,7-8H2,1H3,(H,16,19)(H,21,22)/t9-,11-,13?/m1/s1. The van der Waals surface area contributed by atoms with E-state index in [1.165, 1.54) is 6.92 Å². The monoisotopic (exact) mass is 322 g/mol. The molecule has 0 aromatic heterocycles. The van der Waals surface area contributed by atoms with Gasteiger partial charge in [0.15, 0.2) is 6.04 Å². The van der Waals surface area contributed by atoms with Gasteiger partial charge in [-0.15, -0.1) is 0 Å². The zero-order valence-corrected chi connectivity index (χ0v) is 12.5. The smallest absolute Gasteiger partial charge is 0.328 e. The van der Waals surface area contributed by atoms with E-state index in [1.54, 1.807) is 24.3 Å². The number of nitrogens with zero attached hydrogens (tertiary/aromatic N) is 1. The molecule has 0 radical (unpaired) electrons. The van der Waals surface area contributed by atoms with Crippen LogP contribution in [0.25, 0.3) is 0 Å². The van der Waals surface area contributed by atoms with E-state index in [0.29, 0.717) is 5.06 Å². The lowest BCUT2D eigenvalue weighted by Crippen LogP contribution is -2.62. The quantitative estimate of drug-likeness (QED) is 0.661. The maximum Gasteiger partial charge on any atom is 0.328 e. The van der Waals surface area contributed by atoms with Crippen LogP contribution in [0.4, 0.5) is 0 Å². The van der Waals surface area contributed by atoms with Crippen molar-refractivity contribution in [3.8, 4) is 0 Å². The normalized spacial score (nSPS) is 22.5. The van der Waals surface area contributed by atoms with Crippen LogP contribution in [0.5, 0.6) is 0 Å². The molecule has 3 N–H and O–H groups in total. The van der Waals surface area contributed by atoms with Gasteiger partial charge < -0.3 is 15.5 Å². The second-order valence-electron chi connectivity index (χ2n) is 5.25. The molecular formula is C15H18N2O6. The average molecular weight is 322 g/mol. The first kappa shape index (κ1) is 16.9. The van der Waals surface area contributed by atoms with E-state index in [2.05, 4.69) is 5.32 Å². The van der Waals surface area contributed by atoms with E-state index < -0.39 is 36.0 Å². The van der Waals surface area contributed by atoms with Crippen molar-refractivity contribution in [2.24, 2.45) is 0 Å². The van der Waals surface area contributed by atoms with Crippen molar-refractivity contribution in [2.75, 3.05) is 6.61 Å². The Hall–Kier alpha value is -2.45. The zero-order chi connectivity index (χ0) is 17.0. The molecule has 1 aromatic rings. The minimum Gasteiger partial charge on any atom is -0.480 e. The van der Waals surface area contributed by atoms with Gasteiger partial charge in [0.1, 0.15) is 18.8 Å². The largest absolute Gasteiger partial charge is 0.480 e. The number of benzene rings is 1. The highest BCUT2D eigenvalue weighted by atomic mass is 16.7. The third-order valence-corrected chi connectivity index (χ3v) is 3.49. The molecule has 0 aliphatic carbocycles.